The van der Waals surface area contributed by atoms with Gasteiger partial charge in [-0.05, 0) is 87.0 Å². The molecule has 4 aliphatic carbocycles. The third kappa shape index (κ3) is 3.90. The SMILES string of the molecule is CO[C@H]1C[C@H](O[C@H]2CC[C@@]3(C)[C@H](CC[C@@H]4[C@@H]3CC[C@]3(C)C(C5=CC(=O)OC5)=CC[C@]43O)C2)O[C@H](C)[C@H]1O. The summed E-state index contributed by atoms with van der Waals surface area (Å²) in [5.74, 6) is 1.07. The molecule has 0 bridgehead atoms. The van der Waals surface area contributed by atoms with Crippen molar-refractivity contribution in [3.8, 4) is 0 Å². The monoisotopic (exact) mass is 516 g/mol. The number of esters is 1. The Bertz CT molecular complexity index is 990. The third-order valence-electron chi connectivity index (χ3n) is 11.7. The standard InChI is InChI=1S/C30H44O7/c1-17-27(32)24(34-4)15-26(36-17)37-20-7-10-28(2)19(14-20)5-6-23-22(28)8-11-29(3)21(9-12-30(23,29)33)18-13-25(31)35-16-18/h9,13,17,19-20,22-24,26-27,32-33H,5-8,10-12,14-16H2,1-4H3/t17-,19-,20+,22+,23-,24+,26+,27-,28+,29-,30+/m1/s1. The Morgan fingerprint density at radius 3 is 2.62 bits per heavy atom. The van der Waals surface area contributed by atoms with Crippen LogP contribution < -0.4 is 0 Å². The van der Waals surface area contributed by atoms with E-state index in [4.69, 9.17) is 18.9 Å². The molecule has 0 amide bonds. The summed E-state index contributed by atoms with van der Waals surface area (Å²) < 4.78 is 23.2. The minimum atomic E-state index is -0.763. The summed E-state index contributed by atoms with van der Waals surface area (Å²) in [6.07, 6.45) is 11.0. The molecule has 7 nitrogen and oxygen atoms in total. The predicted octanol–water partition coefficient (Wildman–Crippen LogP) is 4.06. The number of aliphatic hydroxyl groups is 2. The van der Waals surface area contributed by atoms with Gasteiger partial charge in [-0.15, -0.1) is 0 Å². The number of ether oxygens (including phenoxy) is 4. The second-order valence-electron chi connectivity index (χ2n) is 13.2. The first-order valence-corrected chi connectivity index (χ1v) is 14.4. The number of aliphatic hydroxyl groups excluding tert-OH is 1. The predicted molar refractivity (Wildman–Crippen MR) is 136 cm³/mol. The van der Waals surface area contributed by atoms with E-state index in [1.165, 1.54) is 0 Å². The van der Waals surface area contributed by atoms with Crippen LogP contribution in [0, 0.1) is 28.6 Å². The number of hydrogen-bond donors (Lipinski definition) is 2. The van der Waals surface area contributed by atoms with Crippen LogP contribution in [0.15, 0.2) is 23.3 Å². The number of cyclic esters (lactones) is 1. The van der Waals surface area contributed by atoms with Crippen LogP contribution in [0.2, 0.25) is 0 Å². The minimum Gasteiger partial charge on any atom is -0.458 e. The molecule has 0 aromatic heterocycles. The van der Waals surface area contributed by atoms with E-state index < -0.39 is 11.7 Å². The zero-order chi connectivity index (χ0) is 26.2. The number of rotatable bonds is 4. The second kappa shape index (κ2) is 9.16. The molecule has 2 N–H and O–H groups in total. The molecule has 3 saturated carbocycles. The summed E-state index contributed by atoms with van der Waals surface area (Å²) >= 11 is 0. The molecule has 0 aromatic rings. The maximum absolute atomic E-state index is 12.4. The van der Waals surface area contributed by atoms with Gasteiger partial charge in [-0.3, -0.25) is 0 Å². The van der Waals surface area contributed by atoms with Crippen molar-refractivity contribution in [2.24, 2.45) is 28.6 Å². The van der Waals surface area contributed by atoms with Crippen molar-refractivity contribution in [3.63, 3.8) is 0 Å². The molecule has 2 heterocycles. The number of hydrogen-bond acceptors (Lipinski definition) is 7. The molecule has 6 rings (SSSR count). The highest BCUT2D eigenvalue weighted by molar-refractivity contribution is 5.86. The maximum Gasteiger partial charge on any atom is 0.331 e. The number of fused-ring (bicyclic) bond motifs is 5. The smallest absolute Gasteiger partial charge is 0.331 e. The lowest BCUT2D eigenvalue weighted by Crippen LogP contribution is -2.62. The Balaban J connectivity index is 1.15. The van der Waals surface area contributed by atoms with Crippen molar-refractivity contribution in [2.45, 2.75) is 115 Å². The summed E-state index contributed by atoms with van der Waals surface area (Å²) in [6.45, 7) is 6.91. The Labute approximate surface area is 220 Å². The van der Waals surface area contributed by atoms with E-state index in [2.05, 4.69) is 19.9 Å². The van der Waals surface area contributed by atoms with E-state index in [9.17, 15) is 15.0 Å². The van der Waals surface area contributed by atoms with Crippen molar-refractivity contribution in [1.29, 1.82) is 0 Å². The van der Waals surface area contributed by atoms with Crippen LogP contribution in [0.3, 0.4) is 0 Å². The van der Waals surface area contributed by atoms with Crippen molar-refractivity contribution in [2.75, 3.05) is 13.7 Å². The summed E-state index contributed by atoms with van der Waals surface area (Å²) in [4.78, 5) is 11.8. The number of carbonyl (C=O) groups excluding carboxylic acids is 1. The highest BCUT2D eigenvalue weighted by Gasteiger charge is 2.65. The van der Waals surface area contributed by atoms with Gasteiger partial charge in [0, 0.05) is 30.6 Å². The molecule has 0 spiro atoms. The van der Waals surface area contributed by atoms with Gasteiger partial charge < -0.3 is 29.2 Å². The second-order valence-corrected chi connectivity index (χ2v) is 13.2. The van der Waals surface area contributed by atoms with E-state index >= 15 is 0 Å². The summed E-state index contributed by atoms with van der Waals surface area (Å²) in [7, 11) is 1.64. The van der Waals surface area contributed by atoms with Crippen LogP contribution in [-0.4, -0.2) is 66.2 Å². The highest BCUT2D eigenvalue weighted by atomic mass is 16.7. The van der Waals surface area contributed by atoms with Gasteiger partial charge in [-0.1, -0.05) is 19.9 Å². The van der Waals surface area contributed by atoms with Crippen molar-refractivity contribution >= 4 is 5.97 Å². The zero-order valence-electron chi connectivity index (χ0n) is 22.8. The van der Waals surface area contributed by atoms with Gasteiger partial charge in [0.2, 0.25) is 0 Å². The fourth-order valence-corrected chi connectivity index (χ4v) is 9.44. The van der Waals surface area contributed by atoms with Crippen molar-refractivity contribution < 1.29 is 34.0 Å². The first-order chi connectivity index (χ1) is 17.6. The third-order valence-corrected chi connectivity index (χ3v) is 11.7. The Hall–Kier alpha value is -1.25. The highest BCUT2D eigenvalue weighted by Crippen LogP contribution is 2.68. The van der Waals surface area contributed by atoms with Crippen LogP contribution in [-0.2, 0) is 23.7 Å². The molecule has 0 radical (unpaired) electrons. The molecule has 0 unspecified atom stereocenters. The van der Waals surface area contributed by atoms with Gasteiger partial charge >= 0.3 is 5.97 Å². The lowest BCUT2D eigenvalue weighted by molar-refractivity contribution is -0.273. The molecule has 4 fully saturated rings. The van der Waals surface area contributed by atoms with Crippen molar-refractivity contribution in [3.05, 3.63) is 23.3 Å². The molecule has 1 saturated heterocycles. The Morgan fingerprint density at radius 1 is 1.08 bits per heavy atom. The summed E-state index contributed by atoms with van der Waals surface area (Å²) in [6, 6.07) is 0. The minimum absolute atomic E-state index is 0.156. The van der Waals surface area contributed by atoms with Gasteiger partial charge in [0.1, 0.15) is 12.7 Å². The lowest BCUT2D eigenvalue weighted by Gasteiger charge is -2.63. The molecule has 37 heavy (non-hydrogen) atoms. The average Bonchev–Trinajstić information content (AvgIpc) is 3.41. The van der Waals surface area contributed by atoms with Crippen LogP contribution in [0.4, 0.5) is 0 Å². The quantitative estimate of drug-likeness (QED) is 0.430. The molecule has 206 valence electrons. The van der Waals surface area contributed by atoms with Gasteiger partial charge in [-0.25, -0.2) is 4.79 Å². The van der Waals surface area contributed by atoms with Gasteiger partial charge in [0.15, 0.2) is 6.29 Å². The molecule has 11 atom stereocenters. The molecule has 6 aliphatic rings. The van der Waals surface area contributed by atoms with Gasteiger partial charge in [0.25, 0.3) is 0 Å². The van der Waals surface area contributed by atoms with E-state index in [0.29, 0.717) is 31.3 Å². The Morgan fingerprint density at radius 2 is 1.89 bits per heavy atom. The number of carbonyl (C=O) groups is 1. The largest absolute Gasteiger partial charge is 0.458 e. The van der Waals surface area contributed by atoms with Crippen molar-refractivity contribution in [1.82, 2.24) is 0 Å². The van der Waals surface area contributed by atoms with Crippen LogP contribution in [0.25, 0.3) is 0 Å². The topological polar surface area (TPSA) is 94.5 Å². The molecule has 7 heteroatoms. The van der Waals surface area contributed by atoms with Gasteiger partial charge in [0.05, 0.1) is 23.9 Å². The summed E-state index contributed by atoms with van der Waals surface area (Å²) in [5.41, 5.74) is 1.21. The van der Waals surface area contributed by atoms with E-state index in [-0.39, 0.29) is 47.3 Å². The Kier molecular flexibility index (Phi) is 6.43. The van der Waals surface area contributed by atoms with Gasteiger partial charge in [-0.2, -0.15) is 0 Å². The lowest BCUT2D eigenvalue weighted by atomic mass is 9.43. The molecular formula is C30H44O7. The fourth-order valence-electron chi connectivity index (χ4n) is 9.44. The van der Waals surface area contributed by atoms with Crippen LogP contribution in [0.5, 0.6) is 0 Å². The van der Waals surface area contributed by atoms with E-state index in [1.54, 1.807) is 13.2 Å². The normalized spacial score (nSPS) is 51.5. The van der Waals surface area contributed by atoms with E-state index in [1.807, 2.05) is 6.92 Å². The van der Waals surface area contributed by atoms with E-state index in [0.717, 1.165) is 56.1 Å². The molecule has 0 aromatic carbocycles. The first-order valence-electron chi connectivity index (χ1n) is 14.4. The van der Waals surface area contributed by atoms with Crippen LogP contribution in [0.1, 0.15) is 78.6 Å². The molecular weight excluding hydrogens is 472 g/mol. The zero-order valence-corrected chi connectivity index (χ0v) is 22.8. The van der Waals surface area contributed by atoms with Crippen LogP contribution >= 0.6 is 0 Å². The number of methoxy groups -OCH3 is 1. The first kappa shape index (κ1) is 26.0. The molecule has 2 aliphatic heterocycles. The maximum atomic E-state index is 12.4. The fraction of sp³-hybridized carbons (Fsp3) is 0.833. The average molecular weight is 517 g/mol. The summed E-state index contributed by atoms with van der Waals surface area (Å²) in [5, 5.41) is 22.7.